The van der Waals surface area contributed by atoms with Crippen molar-refractivity contribution in [3.05, 3.63) is 34.1 Å². The maximum atomic E-state index is 13.2. The summed E-state index contributed by atoms with van der Waals surface area (Å²) in [5.74, 6) is -2.27. The van der Waals surface area contributed by atoms with Crippen LogP contribution < -0.4 is 10.6 Å². The second-order valence-corrected chi connectivity index (χ2v) is 6.72. The Labute approximate surface area is 141 Å². The van der Waals surface area contributed by atoms with Gasteiger partial charge in [-0.05, 0) is 61.8 Å². The number of urea groups is 1. The Bertz CT molecular complexity index is 628. The van der Waals surface area contributed by atoms with Crippen LogP contribution in [0.3, 0.4) is 0 Å². The van der Waals surface area contributed by atoms with Crippen LogP contribution in [0.5, 0.6) is 0 Å². The van der Waals surface area contributed by atoms with Gasteiger partial charge in [0, 0.05) is 10.0 Å². The van der Waals surface area contributed by atoms with Crippen LogP contribution in [-0.2, 0) is 9.53 Å². The second-order valence-electron chi connectivity index (χ2n) is 5.87. The molecule has 1 rings (SSSR count). The van der Waals surface area contributed by atoms with Gasteiger partial charge in [-0.3, -0.25) is 10.1 Å². The molecule has 6 nitrogen and oxygen atoms in total. The fraction of sp³-hybridized carbons (Fsp3) is 0.400. The maximum Gasteiger partial charge on any atom is 0.340 e. The molecule has 0 aliphatic carbocycles. The van der Waals surface area contributed by atoms with Gasteiger partial charge >= 0.3 is 12.0 Å². The molecule has 1 atom stereocenters. The molecule has 0 bridgehead atoms. The molecule has 0 saturated heterocycles. The number of ether oxygens (including phenoxy) is 1. The summed E-state index contributed by atoms with van der Waals surface area (Å²) in [6.45, 7) is 6.57. The molecule has 2 N–H and O–H groups in total. The predicted molar refractivity (Wildman–Crippen MR) is 85.4 cm³/mol. The smallest absolute Gasteiger partial charge is 0.340 e. The summed E-state index contributed by atoms with van der Waals surface area (Å²) < 4.78 is 18.4. The van der Waals surface area contributed by atoms with E-state index in [1.807, 2.05) is 0 Å². The van der Waals surface area contributed by atoms with E-state index in [2.05, 4.69) is 26.6 Å². The lowest BCUT2D eigenvalue weighted by Gasteiger charge is -2.21. The van der Waals surface area contributed by atoms with Gasteiger partial charge in [-0.25, -0.2) is 14.0 Å². The number of carbonyl (C=O) groups is 3. The van der Waals surface area contributed by atoms with Crippen LogP contribution in [0.25, 0.3) is 0 Å². The van der Waals surface area contributed by atoms with Gasteiger partial charge in [-0.2, -0.15) is 0 Å². The number of imide groups is 1. The van der Waals surface area contributed by atoms with Crippen molar-refractivity contribution in [2.75, 3.05) is 0 Å². The molecule has 0 heterocycles. The van der Waals surface area contributed by atoms with E-state index >= 15 is 0 Å². The Morgan fingerprint density at radius 3 is 2.43 bits per heavy atom. The Hall–Kier alpha value is -1.96. The Morgan fingerprint density at radius 1 is 1.26 bits per heavy atom. The largest absolute Gasteiger partial charge is 0.449 e. The number of rotatable bonds is 3. The van der Waals surface area contributed by atoms with Crippen molar-refractivity contribution in [1.29, 1.82) is 0 Å². The molecule has 0 aliphatic rings. The van der Waals surface area contributed by atoms with E-state index < -0.39 is 35.4 Å². The third kappa shape index (κ3) is 6.35. The molecule has 0 spiro atoms. The summed E-state index contributed by atoms with van der Waals surface area (Å²) in [6.07, 6.45) is -1.22. The van der Waals surface area contributed by atoms with E-state index in [0.29, 0.717) is 4.47 Å². The number of hydrogen-bond donors (Lipinski definition) is 2. The van der Waals surface area contributed by atoms with Crippen molar-refractivity contribution >= 4 is 33.8 Å². The average Bonchev–Trinajstić information content (AvgIpc) is 2.38. The zero-order valence-corrected chi connectivity index (χ0v) is 14.8. The molecule has 0 aromatic heterocycles. The Kier molecular flexibility index (Phi) is 6.26. The molecule has 0 fully saturated rings. The number of hydrogen-bond acceptors (Lipinski definition) is 4. The van der Waals surface area contributed by atoms with E-state index in [1.54, 1.807) is 20.8 Å². The number of amides is 3. The fourth-order valence-electron chi connectivity index (χ4n) is 1.52. The first kappa shape index (κ1) is 19.1. The van der Waals surface area contributed by atoms with Crippen LogP contribution in [0.4, 0.5) is 9.18 Å². The van der Waals surface area contributed by atoms with Crippen LogP contribution in [0.2, 0.25) is 0 Å². The summed E-state index contributed by atoms with van der Waals surface area (Å²) in [5.41, 5.74) is -0.569. The number of nitrogens with one attached hydrogen (secondary N) is 2. The molecular formula is C15H18BrFN2O4. The Morgan fingerprint density at radius 2 is 1.87 bits per heavy atom. The summed E-state index contributed by atoms with van der Waals surface area (Å²) in [6, 6.07) is 2.82. The van der Waals surface area contributed by atoms with Crippen molar-refractivity contribution in [3.63, 3.8) is 0 Å². The SMILES string of the molecule is C[C@H](OC(=O)c1cc(F)ccc1Br)C(=O)NC(=O)NC(C)(C)C. The van der Waals surface area contributed by atoms with Crippen LogP contribution in [0, 0.1) is 5.82 Å². The minimum atomic E-state index is -1.22. The summed E-state index contributed by atoms with van der Waals surface area (Å²) in [5, 5.41) is 4.61. The molecule has 0 aliphatic heterocycles. The van der Waals surface area contributed by atoms with Crippen molar-refractivity contribution in [2.24, 2.45) is 0 Å². The molecule has 23 heavy (non-hydrogen) atoms. The molecule has 3 amide bonds. The standard InChI is InChI=1S/C15H18BrFN2O4/c1-8(12(20)18-14(22)19-15(2,3)4)23-13(21)10-7-9(17)5-6-11(10)16/h5-8H,1-4H3,(H2,18,19,20,22)/t8-/m0/s1. The molecule has 0 unspecified atom stereocenters. The number of halogens is 2. The van der Waals surface area contributed by atoms with Crippen LogP contribution in [0.15, 0.2) is 22.7 Å². The lowest BCUT2D eigenvalue weighted by Crippen LogP contribution is -2.50. The van der Waals surface area contributed by atoms with Gasteiger partial charge in [-0.1, -0.05) is 0 Å². The van der Waals surface area contributed by atoms with Gasteiger partial charge in [0.1, 0.15) is 5.82 Å². The van der Waals surface area contributed by atoms with Gasteiger partial charge in [-0.15, -0.1) is 0 Å². The van der Waals surface area contributed by atoms with Crippen LogP contribution in [0.1, 0.15) is 38.1 Å². The van der Waals surface area contributed by atoms with Gasteiger partial charge < -0.3 is 10.1 Å². The van der Waals surface area contributed by atoms with Gasteiger partial charge in [0.15, 0.2) is 6.10 Å². The number of carbonyl (C=O) groups excluding carboxylic acids is 3. The first-order valence-corrected chi connectivity index (χ1v) is 7.58. The zero-order chi connectivity index (χ0) is 17.8. The van der Waals surface area contributed by atoms with E-state index in [4.69, 9.17) is 4.74 Å². The lowest BCUT2D eigenvalue weighted by atomic mass is 10.1. The highest BCUT2D eigenvalue weighted by atomic mass is 79.9. The summed E-state index contributed by atoms with van der Waals surface area (Å²) in [4.78, 5) is 35.4. The number of benzene rings is 1. The lowest BCUT2D eigenvalue weighted by molar-refractivity contribution is -0.127. The summed E-state index contributed by atoms with van der Waals surface area (Å²) >= 11 is 3.10. The van der Waals surface area contributed by atoms with Crippen molar-refractivity contribution < 1.29 is 23.5 Å². The van der Waals surface area contributed by atoms with Crippen molar-refractivity contribution in [3.8, 4) is 0 Å². The highest BCUT2D eigenvalue weighted by molar-refractivity contribution is 9.10. The highest BCUT2D eigenvalue weighted by Gasteiger charge is 2.23. The van der Waals surface area contributed by atoms with Gasteiger partial charge in [0.25, 0.3) is 5.91 Å². The predicted octanol–water partition coefficient (Wildman–Crippen LogP) is 2.76. The van der Waals surface area contributed by atoms with E-state index in [1.165, 1.54) is 19.1 Å². The minimum Gasteiger partial charge on any atom is -0.449 e. The third-order valence-electron chi connectivity index (χ3n) is 2.53. The molecule has 0 saturated carbocycles. The monoisotopic (exact) mass is 388 g/mol. The van der Waals surface area contributed by atoms with Gasteiger partial charge in [0.05, 0.1) is 5.56 Å². The minimum absolute atomic E-state index is 0.0520. The third-order valence-corrected chi connectivity index (χ3v) is 3.22. The first-order chi connectivity index (χ1) is 10.5. The number of esters is 1. The van der Waals surface area contributed by atoms with Crippen LogP contribution in [-0.4, -0.2) is 29.6 Å². The Balaban J connectivity index is 2.66. The molecule has 0 radical (unpaired) electrons. The molecule has 126 valence electrons. The van der Waals surface area contributed by atoms with Crippen LogP contribution >= 0.6 is 15.9 Å². The quantitative estimate of drug-likeness (QED) is 0.779. The molecule has 8 heteroatoms. The normalized spacial score (nSPS) is 12.3. The summed E-state index contributed by atoms with van der Waals surface area (Å²) in [7, 11) is 0. The van der Waals surface area contributed by atoms with E-state index in [9.17, 15) is 18.8 Å². The maximum absolute atomic E-state index is 13.2. The second kappa shape index (κ2) is 7.54. The van der Waals surface area contributed by atoms with Gasteiger partial charge in [0.2, 0.25) is 0 Å². The highest BCUT2D eigenvalue weighted by Crippen LogP contribution is 2.19. The van der Waals surface area contributed by atoms with E-state index in [0.717, 1.165) is 6.07 Å². The molecular weight excluding hydrogens is 371 g/mol. The van der Waals surface area contributed by atoms with Crippen molar-refractivity contribution in [2.45, 2.75) is 39.3 Å². The topological polar surface area (TPSA) is 84.5 Å². The van der Waals surface area contributed by atoms with Crippen molar-refractivity contribution in [1.82, 2.24) is 10.6 Å². The zero-order valence-electron chi connectivity index (χ0n) is 13.2. The molecule has 1 aromatic rings. The fourth-order valence-corrected chi connectivity index (χ4v) is 1.93. The first-order valence-electron chi connectivity index (χ1n) is 6.78. The average molecular weight is 389 g/mol. The van der Waals surface area contributed by atoms with E-state index in [-0.39, 0.29) is 5.56 Å². The molecule has 1 aromatic carbocycles.